The van der Waals surface area contributed by atoms with Gasteiger partial charge in [0.05, 0.1) is 0 Å². The van der Waals surface area contributed by atoms with Gasteiger partial charge in [-0.2, -0.15) is 0 Å². The minimum absolute atomic E-state index is 0.0419. The number of nitrogens with one attached hydrogen (secondary N) is 1. The third-order valence-electron chi connectivity index (χ3n) is 5.87. The summed E-state index contributed by atoms with van der Waals surface area (Å²) in [6.45, 7) is 5.68. The molecule has 7 nitrogen and oxygen atoms in total. The van der Waals surface area contributed by atoms with Gasteiger partial charge in [0.1, 0.15) is 16.9 Å². The van der Waals surface area contributed by atoms with Crippen LogP contribution in [-0.4, -0.2) is 17.0 Å². The SMILES string of the molecule is Cc1oc2cc3oc(=O)c(CCC(=O)N[C@@H](C(=O)O)c4ccccc4)c(C)c3cc2c1C. The number of hydrogen-bond acceptors (Lipinski definition) is 5. The molecule has 2 N–H and O–H groups in total. The summed E-state index contributed by atoms with van der Waals surface area (Å²) in [7, 11) is 0. The average Bonchev–Trinajstić information content (AvgIpc) is 3.04. The van der Waals surface area contributed by atoms with E-state index in [1.807, 2.05) is 26.8 Å². The normalized spacial score (nSPS) is 12.2. The van der Waals surface area contributed by atoms with Gasteiger partial charge in [-0.05, 0) is 49.9 Å². The lowest BCUT2D eigenvalue weighted by molar-refractivity contribution is -0.142. The fourth-order valence-corrected chi connectivity index (χ4v) is 3.92. The molecule has 32 heavy (non-hydrogen) atoms. The number of furan rings is 1. The van der Waals surface area contributed by atoms with Crippen molar-refractivity contribution in [1.29, 1.82) is 0 Å². The Morgan fingerprint density at radius 1 is 0.969 bits per heavy atom. The Morgan fingerprint density at radius 3 is 2.31 bits per heavy atom. The molecule has 0 aliphatic heterocycles. The molecule has 4 rings (SSSR count). The van der Waals surface area contributed by atoms with Gasteiger partial charge in [0.15, 0.2) is 6.04 Å². The first-order valence-electron chi connectivity index (χ1n) is 10.3. The van der Waals surface area contributed by atoms with Crippen molar-refractivity contribution in [2.75, 3.05) is 0 Å². The lowest BCUT2D eigenvalue weighted by atomic mass is 10.00. The summed E-state index contributed by atoms with van der Waals surface area (Å²) >= 11 is 0. The molecule has 164 valence electrons. The number of aryl methyl sites for hydroxylation is 3. The van der Waals surface area contributed by atoms with E-state index in [1.165, 1.54) is 0 Å². The molecule has 0 saturated carbocycles. The van der Waals surface area contributed by atoms with Crippen molar-refractivity contribution in [2.24, 2.45) is 0 Å². The monoisotopic (exact) mass is 433 g/mol. The highest BCUT2D eigenvalue weighted by Gasteiger charge is 2.22. The summed E-state index contributed by atoms with van der Waals surface area (Å²) in [6, 6.07) is 11.0. The van der Waals surface area contributed by atoms with Crippen LogP contribution in [0.2, 0.25) is 0 Å². The fourth-order valence-electron chi connectivity index (χ4n) is 3.92. The minimum Gasteiger partial charge on any atom is -0.479 e. The quantitative estimate of drug-likeness (QED) is 0.438. The molecule has 0 fully saturated rings. The van der Waals surface area contributed by atoms with Crippen molar-refractivity contribution in [3.63, 3.8) is 0 Å². The third kappa shape index (κ3) is 3.89. The highest BCUT2D eigenvalue weighted by Crippen LogP contribution is 2.31. The van der Waals surface area contributed by atoms with Gasteiger partial charge >= 0.3 is 11.6 Å². The summed E-state index contributed by atoms with van der Waals surface area (Å²) < 4.78 is 11.2. The average molecular weight is 433 g/mol. The standard InChI is InChI=1S/C25H23NO6/c1-13-15(3)31-20-12-21-19(11-18(13)20)14(2)17(25(30)32-21)9-10-22(27)26-23(24(28)29)16-7-5-4-6-8-16/h4-8,11-12,23H,9-10H2,1-3H3,(H,26,27)(H,28,29)/t23-/m1/s1. The number of carbonyl (C=O) groups is 2. The van der Waals surface area contributed by atoms with Crippen LogP contribution in [-0.2, 0) is 16.0 Å². The van der Waals surface area contributed by atoms with Gasteiger partial charge in [0, 0.05) is 28.8 Å². The molecule has 2 aromatic carbocycles. The summed E-state index contributed by atoms with van der Waals surface area (Å²) in [4.78, 5) is 36.7. The molecule has 0 aliphatic carbocycles. The van der Waals surface area contributed by atoms with Crippen LogP contribution in [0.25, 0.3) is 21.9 Å². The van der Waals surface area contributed by atoms with Crippen LogP contribution in [0.1, 0.15) is 40.5 Å². The minimum atomic E-state index is -1.15. The van der Waals surface area contributed by atoms with Crippen LogP contribution in [0.15, 0.2) is 56.1 Å². The molecular formula is C25H23NO6. The Morgan fingerprint density at radius 2 is 1.62 bits per heavy atom. The summed E-state index contributed by atoms with van der Waals surface area (Å²) in [6.07, 6.45) is 0.0955. The van der Waals surface area contributed by atoms with E-state index < -0.39 is 23.5 Å². The van der Waals surface area contributed by atoms with E-state index in [0.717, 1.165) is 27.7 Å². The first-order chi connectivity index (χ1) is 15.3. The molecule has 2 aromatic heterocycles. The second kappa shape index (κ2) is 8.34. The zero-order chi connectivity index (χ0) is 23.0. The topological polar surface area (TPSA) is 110 Å². The second-order valence-electron chi connectivity index (χ2n) is 7.87. The molecule has 7 heteroatoms. The highest BCUT2D eigenvalue weighted by molar-refractivity contribution is 5.96. The Balaban J connectivity index is 1.59. The molecule has 0 aliphatic rings. The first kappa shape index (κ1) is 21.4. The molecule has 4 aromatic rings. The van der Waals surface area contributed by atoms with E-state index >= 15 is 0 Å². The van der Waals surface area contributed by atoms with Crippen LogP contribution in [0, 0.1) is 20.8 Å². The zero-order valence-electron chi connectivity index (χ0n) is 18.0. The fraction of sp³-hybridized carbons (Fsp3) is 0.240. The second-order valence-corrected chi connectivity index (χ2v) is 7.87. The van der Waals surface area contributed by atoms with Crippen molar-refractivity contribution in [3.8, 4) is 0 Å². The summed E-state index contributed by atoms with van der Waals surface area (Å²) in [5.41, 5.74) is 3.21. The number of hydrogen-bond donors (Lipinski definition) is 2. The Labute approximate surface area is 183 Å². The van der Waals surface area contributed by atoms with Gasteiger partial charge < -0.3 is 19.3 Å². The van der Waals surface area contributed by atoms with Crippen molar-refractivity contribution < 1.29 is 23.5 Å². The molecule has 0 saturated heterocycles. The van der Waals surface area contributed by atoms with Gasteiger partial charge in [-0.1, -0.05) is 30.3 Å². The predicted octanol–water partition coefficient (Wildman–Crippen LogP) is 4.34. The maximum Gasteiger partial charge on any atom is 0.339 e. The van der Waals surface area contributed by atoms with E-state index in [-0.39, 0.29) is 12.8 Å². The van der Waals surface area contributed by atoms with E-state index in [9.17, 15) is 19.5 Å². The molecular weight excluding hydrogens is 410 g/mol. The summed E-state index contributed by atoms with van der Waals surface area (Å²) in [5.74, 6) is -0.809. The number of amides is 1. The lowest BCUT2D eigenvalue weighted by Gasteiger charge is -2.15. The van der Waals surface area contributed by atoms with Crippen LogP contribution < -0.4 is 10.9 Å². The number of carboxylic acid groups (broad SMARTS) is 1. The molecule has 2 heterocycles. The van der Waals surface area contributed by atoms with Crippen molar-refractivity contribution in [1.82, 2.24) is 5.32 Å². The zero-order valence-corrected chi connectivity index (χ0v) is 18.0. The van der Waals surface area contributed by atoms with Crippen LogP contribution in [0.4, 0.5) is 0 Å². The van der Waals surface area contributed by atoms with Crippen LogP contribution in [0.5, 0.6) is 0 Å². The molecule has 0 radical (unpaired) electrons. The van der Waals surface area contributed by atoms with Gasteiger partial charge in [0.2, 0.25) is 5.91 Å². The smallest absolute Gasteiger partial charge is 0.339 e. The maximum atomic E-state index is 12.6. The maximum absolute atomic E-state index is 12.6. The molecule has 0 spiro atoms. The Kier molecular flexibility index (Phi) is 5.57. The van der Waals surface area contributed by atoms with E-state index in [2.05, 4.69) is 5.32 Å². The number of carbonyl (C=O) groups excluding carboxylic acids is 1. The highest BCUT2D eigenvalue weighted by atomic mass is 16.4. The van der Waals surface area contributed by atoms with Gasteiger partial charge in [-0.25, -0.2) is 9.59 Å². The number of aliphatic carboxylic acids is 1. The van der Waals surface area contributed by atoms with E-state index in [0.29, 0.717) is 22.3 Å². The first-order valence-corrected chi connectivity index (χ1v) is 10.3. The van der Waals surface area contributed by atoms with Crippen molar-refractivity contribution in [2.45, 2.75) is 39.7 Å². The molecule has 1 atom stereocenters. The number of carboxylic acids is 1. The van der Waals surface area contributed by atoms with Crippen molar-refractivity contribution in [3.05, 3.63) is 80.9 Å². The van der Waals surface area contributed by atoms with Gasteiger partial charge in [-0.3, -0.25) is 4.79 Å². The Bertz CT molecular complexity index is 1400. The molecule has 1 amide bonds. The Hall–Kier alpha value is -3.87. The van der Waals surface area contributed by atoms with E-state index in [1.54, 1.807) is 36.4 Å². The van der Waals surface area contributed by atoms with Crippen LogP contribution >= 0.6 is 0 Å². The van der Waals surface area contributed by atoms with Crippen LogP contribution in [0.3, 0.4) is 0 Å². The number of fused-ring (bicyclic) bond motifs is 2. The third-order valence-corrected chi connectivity index (χ3v) is 5.87. The summed E-state index contributed by atoms with van der Waals surface area (Å²) in [5, 5.41) is 13.7. The largest absolute Gasteiger partial charge is 0.479 e. The lowest BCUT2D eigenvalue weighted by Crippen LogP contribution is -2.34. The number of rotatable bonds is 6. The molecule has 0 bridgehead atoms. The predicted molar refractivity (Wildman–Crippen MR) is 120 cm³/mol. The van der Waals surface area contributed by atoms with Gasteiger partial charge in [-0.15, -0.1) is 0 Å². The van der Waals surface area contributed by atoms with Gasteiger partial charge in [0.25, 0.3) is 0 Å². The van der Waals surface area contributed by atoms with Crippen molar-refractivity contribution >= 4 is 33.8 Å². The molecule has 0 unspecified atom stereocenters. The van der Waals surface area contributed by atoms with E-state index in [4.69, 9.17) is 8.83 Å². The number of benzene rings is 2.